The molecule has 2 N–H and O–H groups in total. The highest BCUT2D eigenvalue weighted by Crippen LogP contribution is 2.29. The summed E-state index contributed by atoms with van der Waals surface area (Å²) in [7, 11) is 1.54. The Balaban J connectivity index is 2.90. The fourth-order valence-corrected chi connectivity index (χ4v) is 1.62. The molecule has 0 aliphatic heterocycles. The van der Waals surface area contributed by atoms with Gasteiger partial charge in [-0.3, -0.25) is 0 Å². The molecule has 0 spiro atoms. The number of carbonyl (C=O) groups is 1. The third kappa shape index (κ3) is 3.89. The van der Waals surface area contributed by atoms with Crippen molar-refractivity contribution in [3.8, 4) is 5.75 Å². The number of rotatable bonds is 2. The zero-order chi connectivity index (χ0) is 13.9. The first-order valence-electron chi connectivity index (χ1n) is 5.36. The minimum atomic E-state index is -0.619. The molecule has 1 rings (SSSR count). The second-order valence-electron chi connectivity index (χ2n) is 4.67. The van der Waals surface area contributed by atoms with Crippen molar-refractivity contribution in [2.45, 2.75) is 26.4 Å². The number of halogens is 1. The van der Waals surface area contributed by atoms with Gasteiger partial charge >= 0.3 is 6.09 Å². The van der Waals surface area contributed by atoms with Crippen LogP contribution < -0.4 is 15.6 Å². The van der Waals surface area contributed by atoms with Crippen LogP contribution in [0.15, 0.2) is 22.7 Å². The Morgan fingerprint density at radius 2 is 2.00 bits per heavy atom. The number of hydrazine groups is 1. The van der Waals surface area contributed by atoms with Crippen molar-refractivity contribution >= 4 is 27.7 Å². The van der Waals surface area contributed by atoms with Crippen molar-refractivity contribution in [2.24, 2.45) is 5.84 Å². The van der Waals surface area contributed by atoms with Crippen LogP contribution in [0.1, 0.15) is 20.8 Å². The van der Waals surface area contributed by atoms with Crippen LogP contribution >= 0.6 is 15.9 Å². The van der Waals surface area contributed by atoms with E-state index in [-0.39, 0.29) is 0 Å². The maximum absolute atomic E-state index is 11.8. The molecule has 6 heteroatoms. The number of benzene rings is 1. The second kappa shape index (κ2) is 5.58. The predicted molar refractivity (Wildman–Crippen MR) is 73.6 cm³/mol. The van der Waals surface area contributed by atoms with Crippen LogP contribution in [0.2, 0.25) is 0 Å². The molecule has 0 aromatic heterocycles. The standard InChI is InChI=1S/C12H17BrN2O3/c1-12(2,3)18-11(16)15(14)8-5-6-9(13)10(7-8)17-4/h5-7H,14H2,1-4H3. The molecule has 0 aliphatic carbocycles. The van der Waals surface area contributed by atoms with Gasteiger partial charge in [0, 0.05) is 6.07 Å². The fourth-order valence-electron chi connectivity index (χ4n) is 1.21. The third-order valence-electron chi connectivity index (χ3n) is 2.00. The minimum absolute atomic E-state index is 0.490. The quantitative estimate of drug-likeness (QED) is 0.517. The number of nitrogens with zero attached hydrogens (tertiary/aromatic N) is 1. The maximum atomic E-state index is 11.8. The first kappa shape index (κ1) is 14.8. The van der Waals surface area contributed by atoms with Crippen molar-refractivity contribution in [1.29, 1.82) is 0 Å². The number of carbonyl (C=O) groups excluding carboxylic acids is 1. The molecule has 100 valence electrons. The highest BCUT2D eigenvalue weighted by Gasteiger charge is 2.21. The van der Waals surface area contributed by atoms with Gasteiger partial charge in [-0.1, -0.05) is 0 Å². The third-order valence-corrected chi connectivity index (χ3v) is 2.66. The summed E-state index contributed by atoms with van der Waals surface area (Å²) in [6.45, 7) is 5.34. The molecule has 0 aliphatic rings. The van der Waals surface area contributed by atoms with Crippen LogP contribution in [0.25, 0.3) is 0 Å². The fraction of sp³-hybridized carbons (Fsp3) is 0.417. The SMILES string of the molecule is COc1cc(N(N)C(=O)OC(C)(C)C)ccc1Br. The summed E-state index contributed by atoms with van der Waals surface area (Å²) < 4.78 is 11.1. The molecule has 0 bridgehead atoms. The van der Waals surface area contributed by atoms with Gasteiger partial charge in [-0.2, -0.15) is 0 Å². The molecule has 0 unspecified atom stereocenters. The lowest BCUT2D eigenvalue weighted by Gasteiger charge is -2.24. The Bertz CT molecular complexity index is 443. The van der Waals surface area contributed by atoms with Crippen LogP contribution in [0, 0.1) is 0 Å². The van der Waals surface area contributed by atoms with Gasteiger partial charge in [0.2, 0.25) is 0 Å². The van der Waals surface area contributed by atoms with Crippen molar-refractivity contribution in [3.05, 3.63) is 22.7 Å². The average molecular weight is 317 g/mol. The molecular weight excluding hydrogens is 300 g/mol. The summed E-state index contributed by atoms with van der Waals surface area (Å²) >= 11 is 3.33. The van der Waals surface area contributed by atoms with E-state index in [1.54, 1.807) is 39.0 Å². The summed E-state index contributed by atoms with van der Waals surface area (Å²) in [5.74, 6) is 6.30. The zero-order valence-corrected chi connectivity index (χ0v) is 12.4. The summed E-state index contributed by atoms with van der Waals surface area (Å²) in [6.07, 6.45) is -0.619. The molecule has 0 heterocycles. The van der Waals surface area contributed by atoms with Crippen molar-refractivity contribution in [3.63, 3.8) is 0 Å². The highest BCUT2D eigenvalue weighted by atomic mass is 79.9. The zero-order valence-electron chi connectivity index (χ0n) is 10.9. The lowest BCUT2D eigenvalue weighted by Crippen LogP contribution is -2.41. The molecule has 0 fully saturated rings. The first-order valence-corrected chi connectivity index (χ1v) is 6.15. The summed E-state index contributed by atoms with van der Waals surface area (Å²) in [6, 6.07) is 5.09. The number of methoxy groups -OCH3 is 1. The number of hydrogen-bond acceptors (Lipinski definition) is 4. The summed E-state index contributed by atoms with van der Waals surface area (Å²) in [5.41, 5.74) is -0.0990. The van der Waals surface area contributed by atoms with E-state index in [0.717, 1.165) is 9.48 Å². The molecule has 0 saturated heterocycles. The van der Waals surface area contributed by atoms with Gasteiger partial charge in [0.25, 0.3) is 0 Å². The number of amides is 1. The largest absolute Gasteiger partial charge is 0.495 e. The van der Waals surface area contributed by atoms with Gasteiger partial charge in [0.1, 0.15) is 11.4 Å². The summed E-state index contributed by atoms with van der Waals surface area (Å²) in [5, 5.41) is 0.945. The molecule has 0 radical (unpaired) electrons. The first-order chi connectivity index (χ1) is 8.24. The van der Waals surface area contributed by atoms with Crippen LogP contribution in [0.5, 0.6) is 5.75 Å². The molecular formula is C12H17BrN2O3. The van der Waals surface area contributed by atoms with Crippen molar-refractivity contribution in [2.75, 3.05) is 12.1 Å². The lowest BCUT2D eigenvalue weighted by molar-refractivity contribution is 0.0580. The van der Waals surface area contributed by atoms with Crippen LogP contribution in [0.3, 0.4) is 0 Å². The van der Waals surface area contributed by atoms with E-state index in [0.29, 0.717) is 11.4 Å². The van der Waals surface area contributed by atoms with Gasteiger partial charge in [-0.15, -0.1) is 0 Å². The highest BCUT2D eigenvalue weighted by molar-refractivity contribution is 9.10. The Hall–Kier alpha value is -1.27. The Labute approximate surface area is 115 Å². The Morgan fingerprint density at radius 1 is 1.39 bits per heavy atom. The molecule has 5 nitrogen and oxygen atoms in total. The van der Waals surface area contributed by atoms with Crippen LogP contribution in [-0.4, -0.2) is 18.8 Å². The van der Waals surface area contributed by atoms with E-state index in [4.69, 9.17) is 15.3 Å². The van der Waals surface area contributed by atoms with Gasteiger partial charge in [-0.05, 0) is 48.8 Å². The second-order valence-corrected chi connectivity index (χ2v) is 5.52. The van der Waals surface area contributed by atoms with Gasteiger partial charge in [0.05, 0.1) is 17.3 Å². The van der Waals surface area contributed by atoms with E-state index >= 15 is 0 Å². The number of nitrogens with two attached hydrogens (primary N) is 1. The van der Waals surface area contributed by atoms with Crippen molar-refractivity contribution < 1.29 is 14.3 Å². The van der Waals surface area contributed by atoms with Gasteiger partial charge < -0.3 is 9.47 Å². The average Bonchev–Trinajstić information content (AvgIpc) is 2.26. The van der Waals surface area contributed by atoms with E-state index in [1.165, 1.54) is 7.11 Å². The lowest BCUT2D eigenvalue weighted by atomic mass is 10.2. The maximum Gasteiger partial charge on any atom is 0.429 e. The Kier molecular flexibility index (Phi) is 4.59. The molecule has 0 saturated carbocycles. The van der Waals surface area contributed by atoms with E-state index in [1.807, 2.05) is 0 Å². The van der Waals surface area contributed by atoms with Crippen LogP contribution in [0.4, 0.5) is 10.5 Å². The van der Waals surface area contributed by atoms with Crippen LogP contribution in [-0.2, 0) is 4.74 Å². The Morgan fingerprint density at radius 3 is 2.50 bits per heavy atom. The molecule has 18 heavy (non-hydrogen) atoms. The normalized spacial score (nSPS) is 11.0. The number of anilines is 1. The van der Waals surface area contributed by atoms with E-state index in [9.17, 15) is 4.79 Å². The van der Waals surface area contributed by atoms with Crippen molar-refractivity contribution in [1.82, 2.24) is 0 Å². The monoisotopic (exact) mass is 316 g/mol. The smallest absolute Gasteiger partial charge is 0.429 e. The number of ether oxygens (including phenoxy) is 2. The molecule has 1 amide bonds. The van der Waals surface area contributed by atoms with Gasteiger partial charge in [0.15, 0.2) is 0 Å². The topological polar surface area (TPSA) is 64.8 Å². The number of hydrogen-bond donors (Lipinski definition) is 1. The molecule has 0 atom stereocenters. The molecule has 1 aromatic carbocycles. The predicted octanol–water partition coefficient (Wildman–Crippen LogP) is 3.07. The van der Waals surface area contributed by atoms with E-state index in [2.05, 4.69) is 15.9 Å². The molecule has 1 aromatic rings. The van der Waals surface area contributed by atoms with E-state index < -0.39 is 11.7 Å². The minimum Gasteiger partial charge on any atom is -0.495 e. The van der Waals surface area contributed by atoms with Gasteiger partial charge in [-0.25, -0.2) is 15.6 Å². The summed E-state index contributed by atoms with van der Waals surface area (Å²) in [4.78, 5) is 11.8.